The van der Waals surface area contributed by atoms with Crippen LogP contribution < -0.4 is 4.72 Å². The standard InChI is InChI=1S/C22H23NO5S2/c1-13-10-14(2)22(15(3)11-13)30(27,28)23-18-12-19(29-9-8-20(24)25)21(26)17-7-5-4-6-16(17)18/h4-7,10-12,23,26H,8-9H2,1-3H3,(H,24,25). The highest BCUT2D eigenvalue weighted by molar-refractivity contribution is 7.99. The van der Waals surface area contributed by atoms with Crippen LogP contribution in [-0.2, 0) is 14.8 Å². The Hall–Kier alpha value is -2.71. The van der Waals surface area contributed by atoms with Crippen LogP contribution in [0.3, 0.4) is 0 Å². The summed E-state index contributed by atoms with van der Waals surface area (Å²) < 4.78 is 29.2. The number of benzene rings is 3. The highest BCUT2D eigenvalue weighted by Gasteiger charge is 2.22. The highest BCUT2D eigenvalue weighted by atomic mass is 32.2. The summed E-state index contributed by atoms with van der Waals surface area (Å²) in [6, 6.07) is 12.1. The zero-order valence-electron chi connectivity index (χ0n) is 16.9. The number of rotatable bonds is 7. The first-order valence-electron chi connectivity index (χ1n) is 9.30. The summed E-state index contributed by atoms with van der Waals surface area (Å²) in [4.78, 5) is 11.5. The third kappa shape index (κ3) is 4.55. The first-order valence-corrected chi connectivity index (χ1v) is 11.8. The maximum atomic E-state index is 13.2. The number of carboxylic acid groups (broad SMARTS) is 1. The Morgan fingerprint density at radius 3 is 2.23 bits per heavy atom. The second-order valence-electron chi connectivity index (χ2n) is 7.14. The minimum Gasteiger partial charge on any atom is -0.506 e. The molecule has 0 aliphatic heterocycles. The van der Waals surface area contributed by atoms with E-state index in [1.165, 1.54) is 11.8 Å². The van der Waals surface area contributed by atoms with E-state index in [-0.39, 0.29) is 22.8 Å². The summed E-state index contributed by atoms with van der Waals surface area (Å²) in [6.45, 7) is 5.44. The Bertz CT molecular complexity index is 1210. The number of aryl methyl sites for hydroxylation is 3. The second kappa shape index (κ2) is 8.57. The van der Waals surface area contributed by atoms with Gasteiger partial charge in [-0.1, -0.05) is 42.0 Å². The van der Waals surface area contributed by atoms with E-state index in [0.29, 0.717) is 32.5 Å². The molecule has 0 radical (unpaired) electrons. The molecule has 0 aromatic heterocycles. The van der Waals surface area contributed by atoms with Gasteiger partial charge in [-0.2, -0.15) is 0 Å². The van der Waals surface area contributed by atoms with Crippen LogP contribution in [0.2, 0.25) is 0 Å². The molecule has 0 bridgehead atoms. The average Bonchev–Trinajstić information content (AvgIpc) is 2.63. The van der Waals surface area contributed by atoms with Gasteiger partial charge in [0.05, 0.1) is 21.9 Å². The van der Waals surface area contributed by atoms with Crippen molar-refractivity contribution >= 4 is 44.2 Å². The molecule has 158 valence electrons. The Morgan fingerprint density at radius 2 is 1.63 bits per heavy atom. The molecule has 0 unspecified atom stereocenters. The summed E-state index contributed by atoms with van der Waals surface area (Å²) in [7, 11) is -3.88. The number of hydrogen-bond acceptors (Lipinski definition) is 5. The molecular formula is C22H23NO5S2. The van der Waals surface area contributed by atoms with Gasteiger partial charge in [-0.05, 0) is 38.0 Å². The molecule has 0 atom stereocenters. The lowest BCUT2D eigenvalue weighted by atomic mass is 10.1. The number of aromatic hydroxyl groups is 1. The average molecular weight is 446 g/mol. The topological polar surface area (TPSA) is 104 Å². The van der Waals surface area contributed by atoms with E-state index in [9.17, 15) is 18.3 Å². The van der Waals surface area contributed by atoms with Crippen molar-refractivity contribution in [2.75, 3.05) is 10.5 Å². The molecular weight excluding hydrogens is 422 g/mol. The lowest BCUT2D eigenvalue weighted by Crippen LogP contribution is -2.16. The molecule has 3 N–H and O–H groups in total. The lowest BCUT2D eigenvalue weighted by molar-refractivity contribution is -0.136. The van der Waals surface area contributed by atoms with Gasteiger partial charge in [0.25, 0.3) is 10.0 Å². The van der Waals surface area contributed by atoms with E-state index >= 15 is 0 Å². The molecule has 0 aliphatic carbocycles. The maximum Gasteiger partial charge on any atom is 0.304 e. The minimum atomic E-state index is -3.88. The largest absolute Gasteiger partial charge is 0.506 e. The van der Waals surface area contributed by atoms with Gasteiger partial charge in [-0.25, -0.2) is 8.42 Å². The molecule has 8 heteroatoms. The summed E-state index contributed by atoms with van der Waals surface area (Å²) in [5.41, 5.74) is 2.62. The summed E-state index contributed by atoms with van der Waals surface area (Å²) in [5.74, 6) is -0.676. The van der Waals surface area contributed by atoms with Crippen LogP contribution in [0.15, 0.2) is 52.3 Å². The van der Waals surface area contributed by atoms with Crippen molar-refractivity contribution in [3.8, 4) is 5.75 Å². The SMILES string of the molecule is Cc1cc(C)c(S(=O)(=O)Nc2cc(SCCC(=O)O)c(O)c3ccccc23)c(C)c1. The van der Waals surface area contributed by atoms with Crippen LogP contribution in [0.5, 0.6) is 5.75 Å². The summed E-state index contributed by atoms with van der Waals surface area (Å²) in [6.07, 6.45) is -0.0697. The number of nitrogens with one attached hydrogen (secondary N) is 1. The van der Waals surface area contributed by atoms with E-state index in [1.54, 1.807) is 44.2 Å². The van der Waals surface area contributed by atoms with E-state index in [2.05, 4.69) is 4.72 Å². The number of thioether (sulfide) groups is 1. The molecule has 30 heavy (non-hydrogen) atoms. The number of carbonyl (C=O) groups is 1. The van der Waals surface area contributed by atoms with Crippen LogP contribution in [-0.4, -0.2) is 30.4 Å². The van der Waals surface area contributed by atoms with Crippen LogP contribution in [0.25, 0.3) is 10.8 Å². The van der Waals surface area contributed by atoms with Crippen molar-refractivity contribution in [1.29, 1.82) is 0 Å². The first kappa shape index (κ1) is 22.0. The van der Waals surface area contributed by atoms with Gasteiger partial charge < -0.3 is 10.2 Å². The van der Waals surface area contributed by atoms with Gasteiger partial charge in [0, 0.05) is 16.5 Å². The van der Waals surface area contributed by atoms with Gasteiger partial charge in [-0.3, -0.25) is 9.52 Å². The third-order valence-electron chi connectivity index (χ3n) is 4.67. The molecule has 3 aromatic rings. The van der Waals surface area contributed by atoms with Crippen LogP contribution in [0.1, 0.15) is 23.1 Å². The molecule has 0 amide bonds. The Kier molecular flexibility index (Phi) is 6.28. The monoisotopic (exact) mass is 445 g/mol. The smallest absolute Gasteiger partial charge is 0.304 e. The van der Waals surface area contributed by atoms with Gasteiger partial charge in [-0.15, -0.1) is 11.8 Å². The van der Waals surface area contributed by atoms with Crippen molar-refractivity contribution in [3.05, 3.63) is 59.2 Å². The van der Waals surface area contributed by atoms with Crippen LogP contribution >= 0.6 is 11.8 Å². The minimum absolute atomic E-state index is 0.00614. The van der Waals surface area contributed by atoms with Gasteiger partial charge in [0.2, 0.25) is 0 Å². The predicted octanol–water partition coefficient (Wildman–Crippen LogP) is 4.84. The number of phenols is 1. The summed E-state index contributed by atoms with van der Waals surface area (Å²) in [5, 5.41) is 20.6. The highest BCUT2D eigenvalue weighted by Crippen LogP contribution is 2.41. The van der Waals surface area contributed by atoms with E-state index in [4.69, 9.17) is 5.11 Å². The van der Waals surface area contributed by atoms with Gasteiger partial charge in [0.1, 0.15) is 5.75 Å². The van der Waals surface area contributed by atoms with Crippen molar-refractivity contribution in [1.82, 2.24) is 0 Å². The zero-order valence-corrected chi connectivity index (χ0v) is 18.5. The molecule has 0 spiro atoms. The maximum absolute atomic E-state index is 13.2. The van der Waals surface area contributed by atoms with Crippen LogP contribution in [0, 0.1) is 20.8 Å². The molecule has 0 aliphatic rings. The van der Waals surface area contributed by atoms with E-state index < -0.39 is 16.0 Å². The number of phenolic OH excluding ortho intramolecular Hbond substituents is 1. The quantitative estimate of drug-likeness (QED) is 0.355. The van der Waals surface area contributed by atoms with Gasteiger partial charge in [0.15, 0.2) is 0 Å². The third-order valence-corrected chi connectivity index (χ3v) is 7.37. The number of hydrogen-bond donors (Lipinski definition) is 3. The van der Waals surface area contributed by atoms with E-state index in [1.807, 2.05) is 19.1 Å². The van der Waals surface area contributed by atoms with Crippen molar-refractivity contribution in [3.63, 3.8) is 0 Å². The fraction of sp³-hybridized carbons (Fsp3) is 0.227. The number of anilines is 1. The molecule has 0 saturated heterocycles. The molecule has 3 rings (SSSR count). The fourth-order valence-corrected chi connectivity index (χ4v) is 6.03. The first-order chi connectivity index (χ1) is 14.1. The van der Waals surface area contributed by atoms with Crippen LogP contribution in [0.4, 0.5) is 5.69 Å². The summed E-state index contributed by atoms with van der Waals surface area (Å²) >= 11 is 1.17. The molecule has 0 fully saturated rings. The second-order valence-corrected chi connectivity index (χ2v) is 9.90. The van der Waals surface area contributed by atoms with Crippen molar-refractivity contribution in [2.24, 2.45) is 0 Å². The Morgan fingerprint density at radius 1 is 1.03 bits per heavy atom. The number of aliphatic carboxylic acids is 1. The number of sulfonamides is 1. The lowest BCUT2D eigenvalue weighted by Gasteiger charge is -2.17. The fourth-order valence-electron chi connectivity index (χ4n) is 3.56. The Balaban J connectivity index is 2.09. The predicted molar refractivity (Wildman–Crippen MR) is 120 cm³/mol. The molecule has 3 aromatic carbocycles. The van der Waals surface area contributed by atoms with Gasteiger partial charge >= 0.3 is 5.97 Å². The number of carboxylic acids is 1. The number of fused-ring (bicyclic) bond motifs is 1. The molecule has 0 heterocycles. The normalized spacial score (nSPS) is 11.6. The van der Waals surface area contributed by atoms with E-state index in [0.717, 1.165) is 5.56 Å². The Labute approximate surface area is 180 Å². The van der Waals surface area contributed by atoms with Crippen molar-refractivity contribution in [2.45, 2.75) is 37.0 Å². The van der Waals surface area contributed by atoms with Crippen molar-refractivity contribution < 1.29 is 23.4 Å². The zero-order chi connectivity index (χ0) is 22.1. The molecule has 6 nitrogen and oxygen atoms in total. The molecule has 0 saturated carbocycles.